The monoisotopic (exact) mass is 352 g/mol. The zero-order chi connectivity index (χ0) is 17.5. The lowest BCUT2D eigenvalue weighted by Crippen LogP contribution is -2.27. The molecule has 134 valence electrons. The second-order valence-electron chi connectivity index (χ2n) is 6.79. The molecule has 1 N–H and O–H groups in total. The van der Waals surface area contributed by atoms with Gasteiger partial charge in [0.15, 0.2) is 11.5 Å². The Morgan fingerprint density at radius 1 is 1.15 bits per heavy atom. The molecule has 3 aromatic heterocycles. The number of ether oxygens (including phenoxy) is 1. The Hall–Kier alpha value is -2.97. The summed E-state index contributed by atoms with van der Waals surface area (Å²) < 4.78 is 7.05. The Labute approximate surface area is 150 Å². The van der Waals surface area contributed by atoms with Gasteiger partial charge in [-0.15, -0.1) is 15.3 Å². The maximum absolute atomic E-state index is 5.15. The fourth-order valence-corrected chi connectivity index (χ4v) is 3.35. The first kappa shape index (κ1) is 15.3. The first-order valence-corrected chi connectivity index (χ1v) is 8.91. The third-order valence-electron chi connectivity index (χ3n) is 4.90. The van der Waals surface area contributed by atoms with E-state index < -0.39 is 0 Å². The molecule has 2 fully saturated rings. The van der Waals surface area contributed by atoms with Crippen molar-refractivity contribution in [3.63, 3.8) is 0 Å². The number of methoxy groups -OCH3 is 1. The molecule has 0 spiro atoms. The summed E-state index contributed by atoms with van der Waals surface area (Å²) in [6, 6.07) is 6.02. The van der Waals surface area contributed by atoms with Crippen LogP contribution in [-0.4, -0.2) is 56.0 Å². The molecule has 4 heterocycles. The molecule has 0 aromatic carbocycles. The largest absolute Gasteiger partial charge is 0.481 e. The Balaban J connectivity index is 1.32. The van der Waals surface area contributed by atoms with Crippen LogP contribution in [0.4, 0.5) is 11.8 Å². The smallest absolute Gasteiger partial charge is 0.226 e. The van der Waals surface area contributed by atoms with E-state index in [4.69, 9.17) is 9.84 Å². The van der Waals surface area contributed by atoms with E-state index in [9.17, 15) is 0 Å². The van der Waals surface area contributed by atoms with E-state index in [1.165, 1.54) is 12.8 Å². The summed E-state index contributed by atoms with van der Waals surface area (Å²) in [6.45, 7) is 1.78. The summed E-state index contributed by atoms with van der Waals surface area (Å²) >= 11 is 0. The van der Waals surface area contributed by atoms with Gasteiger partial charge in [0.25, 0.3) is 0 Å². The van der Waals surface area contributed by atoms with Gasteiger partial charge in [-0.2, -0.15) is 9.50 Å². The van der Waals surface area contributed by atoms with Crippen molar-refractivity contribution in [2.45, 2.75) is 31.2 Å². The normalized spacial score (nSPS) is 19.9. The van der Waals surface area contributed by atoms with Crippen LogP contribution >= 0.6 is 0 Å². The molecule has 1 unspecified atom stereocenters. The molecule has 5 rings (SSSR count). The average molecular weight is 352 g/mol. The summed E-state index contributed by atoms with van der Waals surface area (Å²) in [6.07, 6.45) is 5.06. The molecular formula is C17H20N8O. The van der Waals surface area contributed by atoms with Crippen molar-refractivity contribution in [3.05, 3.63) is 30.2 Å². The number of nitrogens with one attached hydrogen (secondary N) is 1. The number of aromatic nitrogens is 6. The first-order chi connectivity index (χ1) is 12.8. The summed E-state index contributed by atoms with van der Waals surface area (Å²) in [4.78, 5) is 10.9. The highest BCUT2D eigenvalue weighted by Crippen LogP contribution is 2.38. The van der Waals surface area contributed by atoms with Crippen LogP contribution in [0.1, 0.15) is 31.0 Å². The predicted molar refractivity (Wildman–Crippen MR) is 95.6 cm³/mol. The summed E-state index contributed by atoms with van der Waals surface area (Å²) in [5.41, 5.74) is 0.814. The van der Waals surface area contributed by atoms with Crippen LogP contribution in [0.5, 0.6) is 5.88 Å². The first-order valence-electron chi connectivity index (χ1n) is 8.91. The predicted octanol–water partition coefficient (Wildman–Crippen LogP) is 1.49. The lowest BCUT2D eigenvalue weighted by atomic mass is 10.3. The van der Waals surface area contributed by atoms with Gasteiger partial charge in [-0.25, -0.2) is 4.98 Å². The molecule has 1 atom stereocenters. The third kappa shape index (κ3) is 2.79. The van der Waals surface area contributed by atoms with Gasteiger partial charge in [-0.3, -0.25) is 0 Å². The van der Waals surface area contributed by atoms with Crippen molar-refractivity contribution in [1.29, 1.82) is 0 Å². The van der Waals surface area contributed by atoms with Crippen LogP contribution in [0.3, 0.4) is 0 Å². The highest BCUT2D eigenvalue weighted by atomic mass is 16.5. The highest BCUT2D eigenvalue weighted by molar-refractivity contribution is 5.47. The van der Waals surface area contributed by atoms with Crippen LogP contribution < -0.4 is 15.0 Å². The van der Waals surface area contributed by atoms with E-state index in [0.717, 1.165) is 36.8 Å². The van der Waals surface area contributed by atoms with Gasteiger partial charge in [0.05, 0.1) is 7.11 Å². The fraction of sp³-hybridized carbons (Fsp3) is 0.471. The molecular weight excluding hydrogens is 332 g/mol. The third-order valence-corrected chi connectivity index (χ3v) is 4.90. The topological polar surface area (TPSA) is 93.4 Å². The number of rotatable bonds is 5. The number of fused-ring (bicyclic) bond motifs is 1. The van der Waals surface area contributed by atoms with Gasteiger partial charge in [-0.1, -0.05) is 0 Å². The van der Waals surface area contributed by atoms with Crippen molar-refractivity contribution in [1.82, 2.24) is 29.8 Å². The molecule has 9 heteroatoms. The van der Waals surface area contributed by atoms with Gasteiger partial charge in [-0.05, 0) is 31.4 Å². The van der Waals surface area contributed by atoms with Crippen molar-refractivity contribution < 1.29 is 4.74 Å². The second-order valence-corrected chi connectivity index (χ2v) is 6.79. The Kier molecular flexibility index (Phi) is 3.58. The van der Waals surface area contributed by atoms with Crippen LogP contribution in [0.2, 0.25) is 0 Å². The SMILES string of the molecule is COc1ccnc(NC2CCN(c3ccc4nnc(C5CC5)n4n3)C2)n1. The molecule has 2 aliphatic rings. The van der Waals surface area contributed by atoms with Crippen molar-refractivity contribution in [2.75, 3.05) is 30.4 Å². The van der Waals surface area contributed by atoms with Crippen LogP contribution in [0.25, 0.3) is 5.65 Å². The number of nitrogens with zero attached hydrogens (tertiary/aromatic N) is 7. The van der Waals surface area contributed by atoms with Crippen molar-refractivity contribution in [3.8, 4) is 5.88 Å². The van der Waals surface area contributed by atoms with E-state index in [1.807, 2.05) is 16.6 Å². The average Bonchev–Trinajstić information content (AvgIpc) is 3.26. The fourth-order valence-electron chi connectivity index (χ4n) is 3.35. The minimum Gasteiger partial charge on any atom is -0.481 e. The number of hydrogen-bond donors (Lipinski definition) is 1. The highest BCUT2D eigenvalue weighted by Gasteiger charge is 2.30. The standard InChI is InChI=1S/C17H20N8O/c1-26-15-6-8-18-17(20-15)19-12-7-9-24(10-12)14-5-4-13-21-22-16(11-2-3-11)25(13)23-14/h4-6,8,11-12H,2-3,7,9-10H2,1H3,(H,18,19,20). The van der Waals surface area contributed by atoms with Crippen molar-refractivity contribution >= 4 is 17.4 Å². The van der Waals surface area contributed by atoms with Gasteiger partial charge in [0.2, 0.25) is 11.8 Å². The summed E-state index contributed by atoms with van der Waals surface area (Å²) in [5.74, 6) is 3.61. The van der Waals surface area contributed by atoms with Crippen LogP contribution in [0.15, 0.2) is 24.4 Å². The van der Waals surface area contributed by atoms with Gasteiger partial charge in [0.1, 0.15) is 5.82 Å². The summed E-state index contributed by atoms with van der Waals surface area (Å²) in [5, 5.41) is 16.7. The molecule has 0 amide bonds. The van der Waals surface area contributed by atoms with E-state index in [-0.39, 0.29) is 6.04 Å². The molecule has 1 aliphatic heterocycles. The lowest BCUT2D eigenvalue weighted by molar-refractivity contribution is 0.397. The minimum absolute atomic E-state index is 0.267. The molecule has 0 radical (unpaired) electrons. The second kappa shape index (κ2) is 6.08. The van der Waals surface area contributed by atoms with E-state index in [2.05, 4.69) is 30.4 Å². The molecule has 26 heavy (non-hydrogen) atoms. The lowest BCUT2D eigenvalue weighted by Gasteiger charge is -2.18. The maximum atomic E-state index is 5.15. The Morgan fingerprint density at radius 2 is 2.08 bits per heavy atom. The van der Waals surface area contributed by atoms with Gasteiger partial charge < -0.3 is 15.0 Å². The van der Waals surface area contributed by atoms with E-state index >= 15 is 0 Å². The van der Waals surface area contributed by atoms with E-state index in [1.54, 1.807) is 19.4 Å². The van der Waals surface area contributed by atoms with Gasteiger partial charge in [0, 0.05) is 37.3 Å². The Morgan fingerprint density at radius 3 is 2.92 bits per heavy atom. The maximum Gasteiger partial charge on any atom is 0.226 e. The van der Waals surface area contributed by atoms with Crippen LogP contribution in [0, 0.1) is 0 Å². The number of hydrogen-bond acceptors (Lipinski definition) is 8. The molecule has 1 saturated heterocycles. The minimum atomic E-state index is 0.267. The summed E-state index contributed by atoms with van der Waals surface area (Å²) in [7, 11) is 1.60. The van der Waals surface area contributed by atoms with Crippen molar-refractivity contribution in [2.24, 2.45) is 0 Å². The molecule has 3 aromatic rings. The van der Waals surface area contributed by atoms with Crippen LogP contribution in [-0.2, 0) is 0 Å². The zero-order valence-corrected chi connectivity index (χ0v) is 14.5. The number of anilines is 2. The molecule has 9 nitrogen and oxygen atoms in total. The molecule has 0 bridgehead atoms. The van der Waals surface area contributed by atoms with Gasteiger partial charge >= 0.3 is 0 Å². The zero-order valence-electron chi connectivity index (χ0n) is 14.5. The molecule has 1 aliphatic carbocycles. The van der Waals surface area contributed by atoms with E-state index in [0.29, 0.717) is 17.7 Å². The molecule has 1 saturated carbocycles. The Bertz CT molecular complexity index is 937. The quantitative estimate of drug-likeness (QED) is 0.738.